The Bertz CT molecular complexity index is 181. The number of carbonyl (C=O) groups excluding carboxylic acids is 1. The maximum absolute atomic E-state index is 11.0. The molecule has 1 atom stereocenters. The summed E-state index contributed by atoms with van der Waals surface area (Å²) in [5.41, 5.74) is 0. The number of esters is 1. The summed E-state index contributed by atoms with van der Waals surface area (Å²) in [7, 11) is 0. The number of ether oxygens (including phenoxy) is 1. The smallest absolute Gasteiger partial charge is 0.302 e. The van der Waals surface area contributed by atoms with Gasteiger partial charge in [0.2, 0.25) is 0 Å². The van der Waals surface area contributed by atoms with Gasteiger partial charge in [0.25, 0.3) is 0 Å². The van der Waals surface area contributed by atoms with Gasteiger partial charge in [0.15, 0.2) is 0 Å². The van der Waals surface area contributed by atoms with Gasteiger partial charge in [0.05, 0.1) is 0 Å². The van der Waals surface area contributed by atoms with Crippen LogP contribution in [0, 0.1) is 11.8 Å². The van der Waals surface area contributed by atoms with Crippen molar-refractivity contribution >= 4 is 5.97 Å². The van der Waals surface area contributed by atoms with E-state index in [4.69, 9.17) is 4.74 Å². The zero-order valence-corrected chi connectivity index (χ0v) is 9.58. The molecule has 0 aliphatic heterocycles. The highest BCUT2D eigenvalue weighted by molar-refractivity contribution is 5.66. The molecule has 1 aliphatic rings. The zero-order chi connectivity index (χ0) is 10.6. The van der Waals surface area contributed by atoms with E-state index in [0.29, 0.717) is 11.8 Å². The van der Waals surface area contributed by atoms with Crippen LogP contribution < -0.4 is 0 Å². The summed E-state index contributed by atoms with van der Waals surface area (Å²) in [6.07, 6.45) is 6.56. The van der Waals surface area contributed by atoms with E-state index in [0.717, 1.165) is 0 Å². The van der Waals surface area contributed by atoms with Crippen LogP contribution in [0.2, 0.25) is 0 Å². The summed E-state index contributed by atoms with van der Waals surface area (Å²) in [6.45, 7) is 5.79. The Kier molecular flexibility index (Phi) is 4.43. The van der Waals surface area contributed by atoms with Gasteiger partial charge in [-0.1, -0.05) is 33.1 Å². The third-order valence-electron chi connectivity index (χ3n) is 3.07. The minimum Gasteiger partial charge on any atom is -0.462 e. The maximum atomic E-state index is 11.0. The number of carbonyl (C=O) groups is 1. The van der Waals surface area contributed by atoms with Gasteiger partial charge in [-0.15, -0.1) is 0 Å². The number of hydrogen-bond acceptors (Lipinski definition) is 2. The molecular weight excluding hydrogens is 176 g/mol. The average molecular weight is 198 g/mol. The summed E-state index contributed by atoms with van der Waals surface area (Å²) in [6, 6.07) is 0. The van der Waals surface area contributed by atoms with E-state index < -0.39 is 0 Å². The molecule has 0 N–H and O–H groups in total. The van der Waals surface area contributed by atoms with Crippen molar-refractivity contribution in [1.29, 1.82) is 0 Å². The first-order valence-electron chi connectivity index (χ1n) is 5.78. The zero-order valence-electron chi connectivity index (χ0n) is 9.58. The van der Waals surface area contributed by atoms with Crippen LogP contribution in [-0.4, -0.2) is 12.1 Å². The van der Waals surface area contributed by atoms with Gasteiger partial charge >= 0.3 is 5.97 Å². The molecule has 0 radical (unpaired) electrons. The van der Waals surface area contributed by atoms with Crippen LogP contribution in [0.5, 0.6) is 0 Å². The topological polar surface area (TPSA) is 26.3 Å². The van der Waals surface area contributed by atoms with Crippen molar-refractivity contribution in [2.45, 2.75) is 59.0 Å². The van der Waals surface area contributed by atoms with Gasteiger partial charge in [-0.3, -0.25) is 4.79 Å². The van der Waals surface area contributed by atoms with Crippen molar-refractivity contribution in [3.63, 3.8) is 0 Å². The molecule has 0 aromatic carbocycles. The quantitative estimate of drug-likeness (QED) is 0.651. The van der Waals surface area contributed by atoms with E-state index in [2.05, 4.69) is 13.8 Å². The number of rotatable bonds is 3. The monoisotopic (exact) mass is 198 g/mol. The first kappa shape index (κ1) is 11.5. The van der Waals surface area contributed by atoms with E-state index in [1.165, 1.54) is 39.0 Å². The van der Waals surface area contributed by atoms with Gasteiger partial charge in [0.1, 0.15) is 6.10 Å². The molecule has 14 heavy (non-hydrogen) atoms. The fourth-order valence-corrected chi connectivity index (χ4v) is 2.43. The van der Waals surface area contributed by atoms with E-state index in [-0.39, 0.29) is 12.1 Å². The molecule has 2 heteroatoms. The van der Waals surface area contributed by atoms with Gasteiger partial charge in [-0.05, 0) is 24.7 Å². The Balaban J connectivity index is 2.51. The van der Waals surface area contributed by atoms with Crippen LogP contribution in [0.3, 0.4) is 0 Å². The second-order valence-corrected chi connectivity index (χ2v) is 4.72. The van der Waals surface area contributed by atoms with Crippen molar-refractivity contribution in [3.8, 4) is 0 Å². The van der Waals surface area contributed by atoms with Crippen LogP contribution in [-0.2, 0) is 9.53 Å². The highest BCUT2D eigenvalue weighted by Gasteiger charge is 2.28. The molecule has 2 nitrogen and oxygen atoms in total. The van der Waals surface area contributed by atoms with E-state index in [1.807, 2.05) is 0 Å². The summed E-state index contributed by atoms with van der Waals surface area (Å²) in [5, 5.41) is 0. The van der Waals surface area contributed by atoms with Crippen LogP contribution in [0.25, 0.3) is 0 Å². The maximum Gasteiger partial charge on any atom is 0.302 e. The molecule has 1 saturated carbocycles. The minimum atomic E-state index is -0.130. The Morgan fingerprint density at radius 3 is 2.21 bits per heavy atom. The fraction of sp³-hybridized carbons (Fsp3) is 0.917. The predicted molar refractivity (Wildman–Crippen MR) is 57.0 cm³/mol. The molecular formula is C12H22O2. The fourth-order valence-electron chi connectivity index (χ4n) is 2.43. The lowest BCUT2D eigenvalue weighted by atomic mass is 9.81. The van der Waals surface area contributed by atoms with Crippen LogP contribution >= 0.6 is 0 Å². The lowest BCUT2D eigenvalue weighted by Gasteiger charge is -2.32. The Morgan fingerprint density at radius 1 is 1.21 bits per heavy atom. The van der Waals surface area contributed by atoms with Crippen LogP contribution in [0.15, 0.2) is 0 Å². The molecule has 1 fully saturated rings. The second-order valence-electron chi connectivity index (χ2n) is 4.72. The molecule has 0 aromatic heterocycles. The SMILES string of the molecule is CC(=O)OC(C(C)C)C1CCCCC1. The Morgan fingerprint density at radius 2 is 1.79 bits per heavy atom. The number of hydrogen-bond donors (Lipinski definition) is 0. The lowest BCUT2D eigenvalue weighted by Crippen LogP contribution is -2.32. The second kappa shape index (κ2) is 5.38. The van der Waals surface area contributed by atoms with Crippen LogP contribution in [0.4, 0.5) is 0 Å². The first-order chi connectivity index (χ1) is 6.61. The van der Waals surface area contributed by atoms with Gasteiger partial charge in [-0.2, -0.15) is 0 Å². The van der Waals surface area contributed by atoms with E-state index in [1.54, 1.807) is 0 Å². The highest BCUT2D eigenvalue weighted by atomic mass is 16.5. The van der Waals surface area contributed by atoms with Crippen molar-refractivity contribution < 1.29 is 9.53 Å². The highest BCUT2D eigenvalue weighted by Crippen LogP contribution is 2.31. The van der Waals surface area contributed by atoms with Gasteiger partial charge < -0.3 is 4.74 Å². The first-order valence-corrected chi connectivity index (χ1v) is 5.78. The van der Waals surface area contributed by atoms with Gasteiger partial charge in [0, 0.05) is 6.92 Å². The van der Waals surface area contributed by atoms with Crippen molar-refractivity contribution in [3.05, 3.63) is 0 Å². The summed E-state index contributed by atoms with van der Waals surface area (Å²) in [5.74, 6) is 0.920. The largest absolute Gasteiger partial charge is 0.462 e. The summed E-state index contributed by atoms with van der Waals surface area (Å²) in [4.78, 5) is 11.0. The predicted octanol–water partition coefficient (Wildman–Crippen LogP) is 3.15. The van der Waals surface area contributed by atoms with E-state index in [9.17, 15) is 4.79 Å². The third kappa shape index (κ3) is 3.32. The minimum absolute atomic E-state index is 0.130. The Hall–Kier alpha value is -0.530. The summed E-state index contributed by atoms with van der Waals surface area (Å²) >= 11 is 0. The molecule has 0 spiro atoms. The molecule has 1 rings (SSSR count). The molecule has 1 unspecified atom stereocenters. The summed E-state index contributed by atoms with van der Waals surface area (Å²) < 4.78 is 5.41. The molecule has 82 valence electrons. The third-order valence-corrected chi connectivity index (χ3v) is 3.07. The standard InChI is InChI=1S/C12H22O2/c1-9(2)12(14-10(3)13)11-7-5-4-6-8-11/h9,11-12H,4-8H2,1-3H3. The molecule has 0 aromatic rings. The van der Waals surface area contributed by atoms with Crippen LogP contribution in [0.1, 0.15) is 52.9 Å². The van der Waals surface area contributed by atoms with Crippen molar-refractivity contribution in [2.75, 3.05) is 0 Å². The molecule has 0 saturated heterocycles. The van der Waals surface area contributed by atoms with Crippen molar-refractivity contribution in [1.82, 2.24) is 0 Å². The molecule has 0 heterocycles. The van der Waals surface area contributed by atoms with Gasteiger partial charge in [-0.25, -0.2) is 0 Å². The molecule has 0 amide bonds. The molecule has 0 bridgehead atoms. The lowest BCUT2D eigenvalue weighted by molar-refractivity contribution is -0.152. The normalized spacial score (nSPS) is 20.9. The van der Waals surface area contributed by atoms with Crippen molar-refractivity contribution in [2.24, 2.45) is 11.8 Å². The van der Waals surface area contributed by atoms with E-state index >= 15 is 0 Å². The average Bonchev–Trinajstić information content (AvgIpc) is 2.15. The Labute approximate surface area is 87.0 Å². The molecule has 1 aliphatic carbocycles.